The minimum atomic E-state index is -4.57. The fourth-order valence-corrected chi connectivity index (χ4v) is 3.37. The molecule has 0 saturated heterocycles. The van der Waals surface area contributed by atoms with Gasteiger partial charge in [0.2, 0.25) is 0 Å². The molecule has 2 unspecified atom stereocenters. The zero-order valence-corrected chi connectivity index (χ0v) is 12.4. The van der Waals surface area contributed by atoms with Crippen molar-refractivity contribution in [1.82, 2.24) is 4.98 Å². The van der Waals surface area contributed by atoms with Crippen LogP contribution in [-0.2, 0) is 11.0 Å². The van der Waals surface area contributed by atoms with E-state index in [9.17, 15) is 23.1 Å². The molecule has 122 valence electrons. The van der Waals surface area contributed by atoms with Crippen molar-refractivity contribution in [2.75, 3.05) is 0 Å². The van der Waals surface area contributed by atoms with E-state index in [1.54, 1.807) is 0 Å². The molecule has 3 rings (SSSR count). The lowest BCUT2D eigenvalue weighted by atomic mass is 9.81. The van der Waals surface area contributed by atoms with E-state index in [1.807, 2.05) is 0 Å². The van der Waals surface area contributed by atoms with Crippen LogP contribution in [0.4, 0.5) is 13.2 Å². The largest absolute Gasteiger partial charge is 0.506 e. The van der Waals surface area contributed by atoms with Gasteiger partial charge in [-0.25, -0.2) is 4.98 Å². The number of hydrogen-bond donors (Lipinski definition) is 2. The van der Waals surface area contributed by atoms with Crippen LogP contribution in [0.5, 0.6) is 0 Å². The number of carbonyl (C=O) groups is 1. The van der Waals surface area contributed by atoms with Crippen molar-refractivity contribution < 1.29 is 23.1 Å². The molecule has 2 bridgehead atoms. The van der Waals surface area contributed by atoms with Crippen molar-refractivity contribution in [2.45, 2.75) is 32.4 Å². The third-order valence-electron chi connectivity index (χ3n) is 4.60. The highest BCUT2D eigenvalue weighted by Gasteiger charge is 2.43. The Labute approximate surface area is 130 Å². The van der Waals surface area contributed by atoms with E-state index >= 15 is 0 Å². The third kappa shape index (κ3) is 2.54. The summed E-state index contributed by atoms with van der Waals surface area (Å²) in [5, 5.41) is 18.5. The van der Waals surface area contributed by atoms with Crippen molar-refractivity contribution in [2.24, 2.45) is 11.8 Å². The molecule has 1 aromatic rings. The molecule has 1 heterocycles. The zero-order valence-electron chi connectivity index (χ0n) is 12.4. The van der Waals surface area contributed by atoms with Gasteiger partial charge in [0.15, 0.2) is 5.78 Å². The van der Waals surface area contributed by atoms with Gasteiger partial charge in [0.25, 0.3) is 0 Å². The molecule has 0 aliphatic heterocycles. The SMILES string of the molecule is Cc1nc(C(F)(F)F)ccc1C(O)=C1C(=N)C2CCC(C2)C1=O. The average Bonchev–Trinajstić information content (AvgIpc) is 2.91. The number of ketones is 1. The van der Waals surface area contributed by atoms with Crippen molar-refractivity contribution in [3.8, 4) is 0 Å². The van der Waals surface area contributed by atoms with Crippen LogP contribution in [0.3, 0.4) is 0 Å². The lowest BCUT2D eigenvalue weighted by Crippen LogP contribution is -2.29. The molecule has 2 fully saturated rings. The standard InChI is InChI=1S/C16H15F3N2O2/c1-7-10(4-5-11(21-7)16(17,18)19)15(23)12-13(20)8-2-3-9(6-8)14(12)22/h4-5,8-9,20,23H,2-3,6H2,1H3. The molecule has 7 heteroatoms. The highest BCUT2D eigenvalue weighted by Crippen LogP contribution is 2.42. The Kier molecular flexibility index (Phi) is 3.54. The molecule has 0 spiro atoms. The van der Waals surface area contributed by atoms with E-state index < -0.39 is 17.6 Å². The van der Waals surface area contributed by atoms with Gasteiger partial charge < -0.3 is 10.5 Å². The van der Waals surface area contributed by atoms with E-state index in [0.29, 0.717) is 12.8 Å². The molecule has 23 heavy (non-hydrogen) atoms. The summed E-state index contributed by atoms with van der Waals surface area (Å²) < 4.78 is 38.0. The molecule has 0 aromatic carbocycles. The Bertz CT molecular complexity index is 713. The predicted molar refractivity (Wildman–Crippen MR) is 77.1 cm³/mol. The minimum absolute atomic E-state index is 0.0247. The normalized spacial score (nSPS) is 26.6. The second-order valence-corrected chi connectivity index (χ2v) is 6.04. The van der Waals surface area contributed by atoms with E-state index in [-0.39, 0.29) is 40.2 Å². The second-order valence-electron chi connectivity index (χ2n) is 6.04. The maximum atomic E-state index is 12.7. The number of aryl methyl sites for hydroxylation is 1. The number of carbonyl (C=O) groups excluding carboxylic acids is 1. The number of aromatic nitrogens is 1. The van der Waals surface area contributed by atoms with Gasteiger partial charge in [-0.3, -0.25) is 4.79 Å². The van der Waals surface area contributed by atoms with Gasteiger partial charge >= 0.3 is 6.18 Å². The van der Waals surface area contributed by atoms with Gasteiger partial charge in [0, 0.05) is 28.8 Å². The number of hydrogen-bond acceptors (Lipinski definition) is 4. The lowest BCUT2D eigenvalue weighted by Gasteiger charge is -2.23. The minimum Gasteiger partial charge on any atom is -0.506 e. The first-order chi connectivity index (χ1) is 10.7. The number of Topliss-reactive ketones (excluding diaryl/α,β-unsaturated/α-hetero) is 1. The number of halogens is 3. The number of rotatable bonds is 1. The summed E-state index contributed by atoms with van der Waals surface area (Å²) in [6.45, 7) is 1.34. The molecular formula is C16H15F3N2O2. The Morgan fingerprint density at radius 2 is 1.96 bits per heavy atom. The number of nitrogens with zero attached hydrogens (tertiary/aromatic N) is 1. The van der Waals surface area contributed by atoms with Gasteiger partial charge in [-0.1, -0.05) is 0 Å². The van der Waals surface area contributed by atoms with E-state index in [2.05, 4.69) is 4.98 Å². The summed E-state index contributed by atoms with van der Waals surface area (Å²) >= 11 is 0. The van der Waals surface area contributed by atoms with Crippen LogP contribution in [0.1, 0.15) is 36.2 Å². The predicted octanol–water partition coefficient (Wildman–Crippen LogP) is 3.70. The quantitative estimate of drug-likeness (QED) is 0.611. The average molecular weight is 324 g/mol. The Hall–Kier alpha value is -2.18. The molecule has 1 aromatic heterocycles. The smallest absolute Gasteiger partial charge is 0.433 e. The van der Waals surface area contributed by atoms with Crippen molar-refractivity contribution >= 4 is 17.3 Å². The van der Waals surface area contributed by atoms with Crippen molar-refractivity contribution in [1.29, 1.82) is 5.41 Å². The molecule has 2 aliphatic carbocycles. The number of aliphatic hydroxyl groups excluding tert-OH is 1. The number of aliphatic hydroxyl groups is 1. The topological polar surface area (TPSA) is 74.0 Å². The molecule has 0 radical (unpaired) electrons. The number of pyridine rings is 1. The van der Waals surface area contributed by atoms with Gasteiger partial charge in [0.1, 0.15) is 11.5 Å². The molecular weight excluding hydrogens is 309 g/mol. The van der Waals surface area contributed by atoms with Crippen LogP contribution in [0.25, 0.3) is 5.76 Å². The summed E-state index contributed by atoms with van der Waals surface area (Å²) in [7, 11) is 0. The maximum absolute atomic E-state index is 12.7. The summed E-state index contributed by atoms with van der Waals surface area (Å²) in [5.41, 5.74) is -0.994. The molecule has 2 N–H and O–H groups in total. The summed E-state index contributed by atoms with van der Waals surface area (Å²) in [6.07, 6.45) is -2.53. The van der Waals surface area contributed by atoms with Crippen molar-refractivity contribution in [3.05, 3.63) is 34.7 Å². The number of fused-ring (bicyclic) bond motifs is 2. The summed E-state index contributed by atoms with van der Waals surface area (Å²) in [4.78, 5) is 15.8. The molecule has 0 amide bonds. The number of allylic oxidation sites excluding steroid dienone is 1. The van der Waals surface area contributed by atoms with Gasteiger partial charge in [0.05, 0.1) is 5.57 Å². The van der Waals surface area contributed by atoms with E-state index in [4.69, 9.17) is 5.41 Å². The van der Waals surface area contributed by atoms with Crippen LogP contribution in [-0.4, -0.2) is 21.6 Å². The van der Waals surface area contributed by atoms with E-state index in [1.165, 1.54) is 6.92 Å². The highest BCUT2D eigenvalue weighted by atomic mass is 19.4. The highest BCUT2D eigenvalue weighted by molar-refractivity contribution is 6.28. The molecule has 2 saturated carbocycles. The van der Waals surface area contributed by atoms with Crippen molar-refractivity contribution in [3.63, 3.8) is 0 Å². The maximum Gasteiger partial charge on any atom is 0.433 e. The fourth-order valence-electron chi connectivity index (χ4n) is 3.37. The van der Waals surface area contributed by atoms with E-state index in [0.717, 1.165) is 18.6 Å². The molecule has 2 aliphatic rings. The Morgan fingerprint density at radius 1 is 1.30 bits per heavy atom. The lowest BCUT2D eigenvalue weighted by molar-refractivity contribution is -0.141. The van der Waals surface area contributed by atoms with Gasteiger partial charge in [-0.2, -0.15) is 13.2 Å². The van der Waals surface area contributed by atoms with Crippen LogP contribution >= 0.6 is 0 Å². The summed E-state index contributed by atoms with van der Waals surface area (Å²) in [5.74, 6) is -0.984. The second kappa shape index (κ2) is 5.18. The van der Waals surface area contributed by atoms with Crippen LogP contribution < -0.4 is 0 Å². The molecule has 2 atom stereocenters. The Morgan fingerprint density at radius 3 is 2.57 bits per heavy atom. The Balaban J connectivity index is 2.07. The fraction of sp³-hybridized carbons (Fsp3) is 0.438. The monoisotopic (exact) mass is 324 g/mol. The zero-order chi connectivity index (χ0) is 16.9. The van der Waals surface area contributed by atoms with Gasteiger partial charge in [-0.15, -0.1) is 0 Å². The first kappa shape index (κ1) is 15.7. The molecule has 4 nitrogen and oxygen atoms in total. The third-order valence-corrected chi connectivity index (χ3v) is 4.60. The number of nitrogens with one attached hydrogen (secondary N) is 1. The first-order valence-corrected chi connectivity index (χ1v) is 7.31. The number of alkyl halides is 3. The van der Waals surface area contributed by atoms with Crippen LogP contribution in [0.15, 0.2) is 17.7 Å². The van der Waals surface area contributed by atoms with Crippen LogP contribution in [0, 0.1) is 24.2 Å². The summed E-state index contributed by atoms with van der Waals surface area (Å²) in [6, 6.07) is 1.87. The van der Waals surface area contributed by atoms with Gasteiger partial charge in [-0.05, 0) is 38.3 Å². The van der Waals surface area contributed by atoms with Crippen LogP contribution in [0.2, 0.25) is 0 Å². The first-order valence-electron chi connectivity index (χ1n) is 7.31.